The van der Waals surface area contributed by atoms with Gasteiger partial charge in [0.05, 0.1) is 18.3 Å². The Morgan fingerprint density at radius 3 is 2.67 bits per heavy atom. The molecular formula is C20H20N4O3. The second-order valence-electron chi connectivity index (χ2n) is 6.33. The molecule has 0 aliphatic carbocycles. The van der Waals surface area contributed by atoms with E-state index in [0.717, 1.165) is 0 Å². The van der Waals surface area contributed by atoms with Crippen LogP contribution in [-0.2, 0) is 11.3 Å². The lowest BCUT2D eigenvalue weighted by Crippen LogP contribution is -2.22. The van der Waals surface area contributed by atoms with Crippen molar-refractivity contribution in [3.63, 3.8) is 0 Å². The highest BCUT2D eigenvalue weighted by Crippen LogP contribution is 2.13. The Labute approximate surface area is 156 Å². The first kappa shape index (κ1) is 18.3. The number of nitrogens with one attached hydrogen (secondary N) is 1. The molecule has 2 amide bonds. The van der Waals surface area contributed by atoms with E-state index in [2.05, 4.69) is 10.4 Å². The van der Waals surface area contributed by atoms with Crippen molar-refractivity contribution in [2.24, 2.45) is 0 Å². The fourth-order valence-electron chi connectivity index (χ4n) is 2.76. The van der Waals surface area contributed by atoms with Gasteiger partial charge >= 0.3 is 0 Å². The Morgan fingerprint density at radius 2 is 1.89 bits per heavy atom. The van der Waals surface area contributed by atoms with Crippen LogP contribution in [0.25, 0.3) is 10.9 Å². The summed E-state index contributed by atoms with van der Waals surface area (Å²) in [6, 6.07) is 14.0. The molecule has 1 aromatic heterocycles. The molecule has 7 nitrogen and oxygen atoms in total. The number of hydrogen-bond acceptors (Lipinski definition) is 4. The van der Waals surface area contributed by atoms with Crippen LogP contribution in [0.5, 0.6) is 0 Å². The van der Waals surface area contributed by atoms with E-state index in [4.69, 9.17) is 0 Å². The maximum atomic E-state index is 12.3. The van der Waals surface area contributed by atoms with Gasteiger partial charge in [-0.2, -0.15) is 5.10 Å². The summed E-state index contributed by atoms with van der Waals surface area (Å²) in [6.45, 7) is 0.336. The second-order valence-corrected chi connectivity index (χ2v) is 6.33. The van der Waals surface area contributed by atoms with Crippen molar-refractivity contribution in [2.45, 2.75) is 13.0 Å². The molecule has 3 rings (SSSR count). The third-order valence-corrected chi connectivity index (χ3v) is 4.11. The van der Waals surface area contributed by atoms with E-state index in [9.17, 15) is 14.4 Å². The lowest BCUT2D eigenvalue weighted by Gasteiger charge is -2.12. The average molecular weight is 364 g/mol. The molecule has 0 radical (unpaired) electrons. The average Bonchev–Trinajstić information content (AvgIpc) is 2.67. The van der Waals surface area contributed by atoms with Crippen molar-refractivity contribution in [1.29, 1.82) is 0 Å². The summed E-state index contributed by atoms with van der Waals surface area (Å²) in [5.41, 5.74) is 1.61. The van der Waals surface area contributed by atoms with E-state index in [1.807, 2.05) is 6.07 Å². The molecule has 0 atom stereocenters. The summed E-state index contributed by atoms with van der Waals surface area (Å²) in [5, 5.41) is 7.48. The number of carbonyl (C=O) groups excluding carboxylic acids is 2. The molecule has 1 heterocycles. The molecule has 0 fully saturated rings. The van der Waals surface area contributed by atoms with Gasteiger partial charge in [-0.1, -0.05) is 18.2 Å². The standard InChI is InChI=1S/C20H20N4O3/c1-23(2)20(27)14-6-5-7-15(12-14)22-19(26)10-11-24-17-9-4-3-8-16(17)18(25)13-21-24/h3-9,12-13H,10-11H2,1-2H3,(H,22,26). The monoisotopic (exact) mass is 364 g/mol. The molecular weight excluding hydrogens is 344 g/mol. The number of amides is 2. The van der Waals surface area contributed by atoms with Gasteiger partial charge in [0, 0.05) is 37.2 Å². The third-order valence-electron chi connectivity index (χ3n) is 4.11. The van der Waals surface area contributed by atoms with E-state index in [1.54, 1.807) is 61.2 Å². The second kappa shape index (κ2) is 7.82. The SMILES string of the molecule is CN(C)C(=O)c1cccc(NC(=O)CCn2ncc(=O)c3ccccc32)c1. The fourth-order valence-corrected chi connectivity index (χ4v) is 2.76. The van der Waals surface area contributed by atoms with Crippen LogP contribution in [0, 0.1) is 0 Å². The Kier molecular flexibility index (Phi) is 5.30. The van der Waals surface area contributed by atoms with Crippen molar-refractivity contribution < 1.29 is 9.59 Å². The summed E-state index contributed by atoms with van der Waals surface area (Å²) in [6.07, 6.45) is 1.45. The maximum Gasteiger partial charge on any atom is 0.253 e. The molecule has 3 aromatic rings. The first-order chi connectivity index (χ1) is 13.0. The number of carbonyl (C=O) groups is 2. The first-order valence-corrected chi connectivity index (χ1v) is 8.52. The van der Waals surface area contributed by atoms with Gasteiger partial charge in [-0.15, -0.1) is 0 Å². The zero-order valence-corrected chi connectivity index (χ0v) is 15.2. The fraction of sp³-hybridized carbons (Fsp3) is 0.200. The maximum absolute atomic E-state index is 12.3. The smallest absolute Gasteiger partial charge is 0.253 e. The Balaban J connectivity index is 1.69. The van der Waals surface area contributed by atoms with Gasteiger partial charge in [-0.05, 0) is 30.3 Å². The van der Waals surface area contributed by atoms with Gasteiger partial charge in [0.25, 0.3) is 5.91 Å². The number of anilines is 1. The van der Waals surface area contributed by atoms with Gasteiger partial charge in [0.2, 0.25) is 11.3 Å². The minimum absolute atomic E-state index is 0.130. The lowest BCUT2D eigenvalue weighted by molar-refractivity contribution is -0.116. The van der Waals surface area contributed by atoms with Crippen LogP contribution in [0.2, 0.25) is 0 Å². The highest BCUT2D eigenvalue weighted by Gasteiger charge is 2.10. The van der Waals surface area contributed by atoms with Crippen molar-refractivity contribution in [2.75, 3.05) is 19.4 Å². The molecule has 0 unspecified atom stereocenters. The number of rotatable bonds is 5. The molecule has 0 aliphatic rings. The van der Waals surface area contributed by atoms with Crippen molar-refractivity contribution >= 4 is 28.4 Å². The normalized spacial score (nSPS) is 10.6. The molecule has 138 valence electrons. The van der Waals surface area contributed by atoms with Crippen LogP contribution in [0.15, 0.2) is 59.5 Å². The number of aryl methyl sites for hydroxylation is 1. The van der Waals surface area contributed by atoms with Crippen molar-refractivity contribution in [3.8, 4) is 0 Å². The van der Waals surface area contributed by atoms with Crippen molar-refractivity contribution in [3.05, 3.63) is 70.5 Å². The predicted octanol–water partition coefficient (Wildman–Crippen LogP) is 2.13. The molecule has 0 bridgehead atoms. The van der Waals surface area contributed by atoms with Crippen LogP contribution in [0.1, 0.15) is 16.8 Å². The summed E-state index contributed by atoms with van der Waals surface area (Å²) < 4.78 is 1.64. The van der Waals surface area contributed by atoms with Crippen LogP contribution >= 0.6 is 0 Å². The van der Waals surface area contributed by atoms with Gasteiger partial charge in [0.1, 0.15) is 0 Å². The summed E-state index contributed by atoms with van der Waals surface area (Å²) in [5.74, 6) is -0.330. The molecule has 2 aromatic carbocycles. The highest BCUT2D eigenvalue weighted by molar-refractivity contribution is 5.97. The number of benzene rings is 2. The van der Waals surface area contributed by atoms with E-state index in [-0.39, 0.29) is 23.7 Å². The summed E-state index contributed by atoms with van der Waals surface area (Å²) >= 11 is 0. The minimum Gasteiger partial charge on any atom is -0.345 e. The van der Waals surface area contributed by atoms with E-state index in [0.29, 0.717) is 28.7 Å². The predicted molar refractivity (Wildman–Crippen MR) is 104 cm³/mol. The minimum atomic E-state index is -0.200. The van der Waals surface area contributed by atoms with Crippen LogP contribution < -0.4 is 10.7 Å². The quantitative estimate of drug-likeness (QED) is 0.752. The lowest BCUT2D eigenvalue weighted by atomic mass is 10.2. The molecule has 0 aliphatic heterocycles. The highest BCUT2D eigenvalue weighted by atomic mass is 16.2. The van der Waals surface area contributed by atoms with Gasteiger partial charge in [-0.25, -0.2) is 0 Å². The van der Waals surface area contributed by atoms with Crippen molar-refractivity contribution in [1.82, 2.24) is 14.7 Å². The number of aromatic nitrogens is 2. The van der Waals surface area contributed by atoms with Crippen LogP contribution in [0.4, 0.5) is 5.69 Å². The van der Waals surface area contributed by atoms with Gasteiger partial charge < -0.3 is 10.2 Å². The van der Waals surface area contributed by atoms with Gasteiger partial charge in [-0.3, -0.25) is 19.1 Å². The Morgan fingerprint density at radius 1 is 1.11 bits per heavy atom. The Hall–Kier alpha value is -3.48. The number of hydrogen-bond donors (Lipinski definition) is 1. The molecule has 1 N–H and O–H groups in total. The number of fused-ring (bicyclic) bond motifs is 1. The molecule has 27 heavy (non-hydrogen) atoms. The zero-order chi connectivity index (χ0) is 19.4. The third kappa shape index (κ3) is 4.20. The number of nitrogens with zero attached hydrogens (tertiary/aromatic N) is 3. The van der Waals surface area contributed by atoms with Gasteiger partial charge in [0.15, 0.2) is 0 Å². The molecule has 0 saturated carbocycles. The summed E-state index contributed by atoms with van der Waals surface area (Å²) in [7, 11) is 3.35. The van der Waals surface area contributed by atoms with E-state index < -0.39 is 0 Å². The zero-order valence-electron chi connectivity index (χ0n) is 15.2. The number of para-hydroxylation sites is 1. The molecule has 0 saturated heterocycles. The first-order valence-electron chi connectivity index (χ1n) is 8.52. The van der Waals surface area contributed by atoms with E-state index in [1.165, 1.54) is 11.1 Å². The topological polar surface area (TPSA) is 84.3 Å². The largest absolute Gasteiger partial charge is 0.345 e. The Bertz CT molecular complexity index is 1060. The van der Waals surface area contributed by atoms with Crippen LogP contribution in [0.3, 0.4) is 0 Å². The molecule has 7 heteroatoms. The summed E-state index contributed by atoms with van der Waals surface area (Å²) in [4.78, 5) is 37.7. The molecule has 0 spiro atoms. The van der Waals surface area contributed by atoms with E-state index >= 15 is 0 Å². The van der Waals surface area contributed by atoms with Crippen LogP contribution in [-0.4, -0.2) is 40.6 Å².